The van der Waals surface area contributed by atoms with Crippen LogP contribution in [0.2, 0.25) is 5.02 Å². The van der Waals surface area contributed by atoms with Gasteiger partial charge in [0.15, 0.2) is 0 Å². The number of hydrogen-bond acceptors (Lipinski definition) is 2. The molecule has 4 heteroatoms. The van der Waals surface area contributed by atoms with Gasteiger partial charge in [-0.1, -0.05) is 67.1 Å². The third-order valence-corrected chi connectivity index (χ3v) is 5.22. The summed E-state index contributed by atoms with van der Waals surface area (Å²) in [6, 6.07) is 15.4. The van der Waals surface area contributed by atoms with Crippen LogP contribution in [0.3, 0.4) is 0 Å². The summed E-state index contributed by atoms with van der Waals surface area (Å²) in [6.45, 7) is 5.13. The lowest BCUT2D eigenvalue weighted by Crippen LogP contribution is -2.38. The van der Waals surface area contributed by atoms with E-state index < -0.39 is 0 Å². The second-order valence-corrected chi connectivity index (χ2v) is 7.51. The van der Waals surface area contributed by atoms with Crippen LogP contribution in [-0.4, -0.2) is 24.4 Å². The van der Waals surface area contributed by atoms with Crippen molar-refractivity contribution in [2.45, 2.75) is 26.3 Å². The van der Waals surface area contributed by atoms with Gasteiger partial charge < -0.3 is 10.2 Å². The first-order valence-electron chi connectivity index (χ1n) is 8.99. The lowest BCUT2D eigenvalue weighted by atomic mass is 9.95. The van der Waals surface area contributed by atoms with Crippen LogP contribution >= 0.6 is 11.6 Å². The standard InChI is InChI=1S/C22H25ClN2O/c1-15-12-13-19(25(3)14-15)21(17-9-5-4-6-10-17)24-22(26)20-16(2)8-7-11-18(20)23/h4-11,13,15,21H,12,14H2,1-3H3,(H,24,26). The van der Waals surface area contributed by atoms with Crippen molar-refractivity contribution in [1.29, 1.82) is 0 Å². The highest BCUT2D eigenvalue weighted by atomic mass is 35.5. The van der Waals surface area contributed by atoms with Crippen molar-refractivity contribution >= 4 is 17.5 Å². The predicted molar refractivity (Wildman–Crippen MR) is 107 cm³/mol. The van der Waals surface area contributed by atoms with E-state index in [0.717, 1.165) is 29.8 Å². The van der Waals surface area contributed by atoms with Gasteiger partial charge in [-0.25, -0.2) is 0 Å². The Morgan fingerprint density at radius 2 is 1.92 bits per heavy atom. The van der Waals surface area contributed by atoms with Crippen molar-refractivity contribution in [2.75, 3.05) is 13.6 Å². The molecule has 0 bridgehead atoms. The normalized spacial score (nSPS) is 18.2. The van der Waals surface area contributed by atoms with Crippen LogP contribution in [0.5, 0.6) is 0 Å². The summed E-state index contributed by atoms with van der Waals surface area (Å²) in [4.78, 5) is 15.3. The minimum absolute atomic E-state index is 0.144. The first-order chi connectivity index (χ1) is 12.5. The molecule has 0 fully saturated rings. The van der Waals surface area contributed by atoms with Crippen LogP contribution in [0.1, 0.15) is 40.9 Å². The van der Waals surface area contributed by atoms with Crippen molar-refractivity contribution in [1.82, 2.24) is 10.2 Å². The Kier molecular flexibility index (Phi) is 5.67. The van der Waals surface area contributed by atoms with Gasteiger partial charge in [-0.15, -0.1) is 0 Å². The zero-order chi connectivity index (χ0) is 18.7. The molecule has 3 nitrogen and oxygen atoms in total. The fraction of sp³-hybridized carbons (Fsp3) is 0.318. The molecule has 1 aliphatic rings. The van der Waals surface area contributed by atoms with Crippen LogP contribution < -0.4 is 5.32 Å². The highest BCUT2D eigenvalue weighted by molar-refractivity contribution is 6.34. The van der Waals surface area contributed by atoms with Gasteiger partial charge in [0.2, 0.25) is 0 Å². The zero-order valence-corrected chi connectivity index (χ0v) is 16.3. The Bertz CT molecular complexity index is 796. The number of carbonyl (C=O) groups is 1. The molecule has 0 radical (unpaired) electrons. The Labute approximate surface area is 160 Å². The fourth-order valence-corrected chi connectivity index (χ4v) is 3.87. The molecule has 0 aromatic heterocycles. The van der Waals surface area contributed by atoms with Crippen LogP contribution in [0.4, 0.5) is 0 Å². The maximum absolute atomic E-state index is 13.0. The van der Waals surface area contributed by atoms with Gasteiger partial charge in [0.25, 0.3) is 5.91 Å². The summed E-state index contributed by atoms with van der Waals surface area (Å²) in [5, 5.41) is 3.69. The molecule has 1 N–H and O–H groups in total. The summed E-state index contributed by atoms with van der Waals surface area (Å²) in [5.41, 5.74) is 3.62. The summed E-state index contributed by atoms with van der Waals surface area (Å²) in [5.74, 6) is 0.469. The Morgan fingerprint density at radius 1 is 1.19 bits per heavy atom. The lowest BCUT2D eigenvalue weighted by molar-refractivity contribution is 0.0935. The lowest BCUT2D eigenvalue weighted by Gasteiger charge is -2.35. The molecule has 1 aliphatic heterocycles. The van der Waals surface area contributed by atoms with E-state index in [0.29, 0.717) is 16.5 Å². The number of nitrogens with zero attached hydrogens (tertiary/aromatic N) is 1. The average Bonchev–Trinajstić information content (AvgIpc) is 2.61. The smallest absolute Gasteiger partial charge is 0.253 e. The summed E-state index contributed by atoms with van der Waals surface area (Å²) < 4.78 is 0. The maximum Gasteiger partial charge on any atom is 0.253 e. The highest BCUT2D eigenvalue weighted by Gasteiger charge is 2.26. The van der Waals surface area contributed by atoms with Crippen LogP contribution in [0, 0.1) is 12.8 Å². The van der Waals surface area contributed by atoms with E-state index in [2.05, 4.69) is 42.4 Å². The van der Waals surface area contributed by atoms with E-state index >= 15 is 0 Å². The van der Waals surface area contributed by atoms with E-state index in [1.807, 2.05) is 37.3 Å². The molecule has 0 aliphatic carbocycles. The summed E-state index contributed by atoms with van der Waals surface area (Å²) in [7, 11) is 2.09. The number of hydrogen-bond donors (Lipinski definition) is 1. The van der Waals surface area contributed by atoms with E-state index in [-0.39, 0.29) is 11.9 Å². The average molecular weight is 369 g/mol. The molecule has 0 saturated heterocycles. The van der Waals surface area contributed by atoms with Gasteiger partial charge in [-0.3, -0.25) is 4.79 Å². The first kappa shape index (κ1) is 18.5. The van der Waals surface area contributed by atoms with Gasteiger partial charge in [0.1, 0.15) is 0 Å². The van der Waals surface area contributed by atoms with Gasteiger partial charge in [-0.05, 0) is 36.5 Å². The molecule has 2 unspecified atom stereocenters. The number of nitrogens with one attached hydrogen (secondary N) is 1. The van der Waals surface area contributed by atoms with Crippen LogP contribution in [0.15, 0.2) is 60.3 Å². The number of aryl methyl sites for hydroxylation is 1. The predicted octanol–water partition coefficient (Wildman–Crippen LogP) is 4.98. The molecular weight excluding hydrogens is 344 g/mol. The molecule has 3 rings (SSSR count). The monoisotopic (exact) mass is 368 g/mol. The third-order valence-electron chi connectivity index (χ3n) is 4.91. The van der Waals surface area contributed by atoms with Crippen LogP contribution in [-0.2, 0) is 0 Å². The molecule has 1 heterocycles. The third kappa shape index (κ3) is 3.94. The van der Waals surface area contributed by atoms with Gasteiger partial charge in [-0.2, -0.15) is 0 Å². The largest absolute Gasteiger partial charge is 0.376 e. The van der Waals surface area contributed by atoms with Crippen molar-refractivity contribution in [3.8, 4) is 0 Å². The number of allylic oxidation sites excluding steroid dienone is 1. The molecule has 1 amide bonds. The number of benzene rings is 2. The molecule has 136 valence electrons. The molecule has 0 spiro atoms. The molecular formula is C22H25ClN2O. The van der Waals surface area contributed by atoms with Gasteiger partial charge >= 0.3 is 0 Å². The Hall–Kier alpha value is -2.26. The fourth-order valence-electron chi connectivity index (χ4n) is 3.56. The maximum atomic E-state index is 13.0. The Balaban J connectivity index is 1.96. The van der Waals surface area contributed by atoms with Gasteiger partial charge in [0.05, 0.1) is 16.6 Å². The minimum atomic E-state index is -0.197. The number of amides is 1. The number of likely N-dealkylation sites (N-methyl/N-ethyl adjacent to an activating group) is 1. The van der Waals surface area contributed by atoms with Crippen LogP contribution in [0.25, 0.3) is 0 Å². The van der Waals surface area contributed by atoms with Crippen molar-refractivity contribution in [2.24, 2.45) is 5.92 Å². The quantitative estimate of drug-likeness (QED) is 0.825. The summed E-state index contributed by atoms with van der Waals surface area (Å²) in [6.07, 6.45) is 3.26. The van der Waals surface area contributed by atoms with Crippen molar-refractivity contribution < 1.29 is 4.79 Å². The topological polar surface area (TPSA) is 32.3 Å². The number of halogens is 1. The second kappa shape index (κ2) is 7.96. The Morgan fingerprint density at radius 3 is 2.58 bits per heavy atom. The zero-order valence-electron chi connectivity index (χ0n) is 15.5. The second-order valence-electron chi connectivity index (χ2n) is 7.10. The van der Waals surface area contributed by atoms with E-state index in [4.69, 9.17) is 11.6 Å². The van der Waals surface area contributed by atoms with E-state index in [9.17, 15) is 4.79 Å². The number of rotatable bonds is 4. The van der Waals surface area contributed by atoms with Crippen molar-refractivity contribution in [3.63, 3.8) is 0 Å². The van der Waals surface area contributed by atoms with E-state index in [1.54, 1.807) is 6.07 Å². The van der Waals surface area contributed by atoms with Crippen molar-refractivity contribution in [3.05, 3.63) is 82.0 Å². The first-order valence-corrected chi connectivity index (χ1v) is 9.37. The number of carbonyl (C=O) groups excluding carboxylic acids is 1. The molecule has 0 saturated carbocycles. The van der Waals surface area contributed by atoms with Gasteiger partial charge in [0, 0.05) is 19.3 Å². The molecule has 26 heavy (non-hydrogen) atoms. The minimum Gasteiger partial charge on any atom is -0.376 e. The molecule has 2 aromatic rings. The molecule has 2 atom stereocenters. The SMILES string of the molecule is Cc1cccc(Cl)c1C(=O)NC(C1=CCC(C)CN1C)c1ccccc1. The molecule has 2 aromatic carbocycles. The highest BCUT2D eigenvalue weighted by Crippen LogP contribution is 2.30. The van der Waals surface area contributed by atoms with E-state index in [1.165, 1.54) is 0 Å². The summed E-state index contributed by atoms with van der Waals surface area (Å²) >= 11 is 6.30.